The van der Waals surface area contributed by atoms with E-state index in [0.717, 1.165) is 22.4 Å². The van der Waals surface area contributed by atoms with E-state index in [-0.39, 0.29) is 11.6 Å². The van der Waals surface area contributed by atoms with E-state index in [2.05, 4.69) is 15.8 Å². The van der Waals surface area contributed by atoms with E-state index < -0.39 is 5.91 Å². The summed E-state index contributed by atoms with van der Waals surface area (Å²) in [7, 11) is 0. The molecule has 1 aromatic heterocycles. The fourth-order valence-electron chi connectivity index (χ4n) is 2.39. The average molecular weight is 291 g/mol. The lowest BCUT2D eigenvalue weighted by molar-refractivity contribution is -0.114. The molecule has 0 saturated heterocycles. The molecule has 0 radical (unpaired) electrons. The lowest BCUT2D eigenvalue weighted by Gasteiger charge is -2.10. The van der Waals surface area contributed by atoms with Gasteiger partial charge in [0.25, 0.3) is 5.91 Å². The van der Waals surface area contributed by atoms with Gasteiger partial charge >= 0.3 is 0 Å². The summed E-state index contributed by atoms with van der Waals surface area (Å²) in [4.78, 5) is 15.3. The number of rotatable bonds is 3. The van der Waals surface area contributed by atoms with E-state index in [9.17, 15) is 4.79 Å². The second-order valence-electron chi connectivity index (χ2n) is 4.87. The van der Waals surface area contributed by atoms with Crippen LogP contribution in [0, 0.1) is 11.3 Å². The molecule has 0 fully saturated rings. The van der Waals surface area contributed by atoms with Crippen LogP contribution in [0.4, 0.5) is 5.69 Å². The highest BCUT2D eigenvalue weighted by atomic mass is 16.1. The number of nitrogens with one attached hydrogen (secondary N) is 2. The normalized spacial score (nSPS) is 16.5. The summed E-state index contributed by atoms with van der Waals surface area (Å²) in [6, 6.07) is 11.2. The van der Waals surface area contributed by atoms with Crippen LogP contribution < -0.4 is 16.6 Å². The number of fused-ring (bicyclic) bond motifs is 1. The standard InChI is InChI=1S/C16H13N5O/c17-8-12(16(18)22)6-10-3-4-14-13(7-10)15(21-20-14)11-2-1-5-19-9-11/h1-7,9,15,20-21H,(H2,18,22)/b12-6+. The average Bonchev–Trinajstić information content (AvgIpc) is 2.96. The molecule has 22 heavy (non-hydrogen) atoms. The summed E-state index contributed by atoms with van der Waals surface area (Å²) < 4.78 is 0. The lowest BCUT2D eigenvalue weighted by Crippen LogP contribution is -2.19. The van der Waals surface area contributed by atoms with E-state index in [1.165, 1.54) is 6.08 Å². The quantitative estimate of drug-likeness (QED) is 0.587. The molecule has 1 atom stereocenters. The van der Waals surface area contributed by atoms with E-state index in [0.29, 0.717) is 0 Å². The predicted octanol–water partition coefficient (Wildman–Crippen LogP) is 1.49. The van der Waals surface area contributed by atoms with Crippen LogP contribution in [0.3, 0.4) is 0 Å². The fourth-order valence-corrected chi connectivity index (χ4v) is 2.39. The molecule has 6 heteroatoms. The van der Waals surface area contributed by atoms with Crippen LogP contribution in [0.15, 0.2) is 48.3 Å². The largest absolute Gasteiger partial charge is 0.365 e. The Morgan fingerprint density at radius 1 is 1.41 bits per heavy atom. The third-order valence-electron chi connectivity index (χ3n) is 3.45. The number of hydrazine groups is 1. The molecule has 6 nitrogen and oxygen atoms in total. The topological polar surface area (TPSA) is 104 Å². The van der Waals surface area contributed by atoms with Crippen molar-refractivity contribution in [2.24, 2.45) is 5.73 Å². The Morgan fingerprint density at radius 3 is 2.95 bits per heavy atom. The number of aromatic nitrogens is 1. The maximum Gasteiger partial charge on any atom is 0.259 e. The van der Waals surface area contributed by atoms with E-state index in [4.69, 9.17) is 11.0 Å². The fraction of sp³-hybridized carbons (Fsp3) is 0.0625. The monoisotopic (exact) mass is 291 g/mol. The molecule has 2 aromatic rings. The molecule has 1 aliphatic rings. The van der Waals surface area contributed by atoms with Crippen molar-refractivity contribution in [3.05, 3.63) is 65.0 Å². The smallest absolute Gasteiger partial charge is 0.259 e. The van der Waals surface area contributed by atoms with E-state index in [1.54, 1.807) is 18.5 Å². The van der Waals surface area contributed by atoms with Crippen LogP contribution >= 0.6 is 0 Å². The van der Waals surface area contributed by atoms with Crippen LogP contribution in [0.2, 0.25) is 0 Å². The summed E-state index contributed by atoms with van der Waals surface area (Å²) in [5.41, 5.74) is 15.1. The van der Waals surface area contributed by atoms with Crippen LogP contribution in [0.5, 0.6) is 0 Å². The molecule has 108 valence electrons. The minimum atomic E-state index is -0.733. The first-order valence-corrected chi connectivity index (χ1v) is 6.66. The first kappa shape index (κ1) is 13.8. The number of primary amides is 1. The molecule has 0 aliphatic carbocycles. The molecule has 4 N–H and O–H groups in total. The maximum atomic E-state index is 11.2. The Hall–Kier alpha value is -3.17. The third kappa shape index (κ3) is 2.53. The van der Waals surface area contributed by atoms with Crippen molar-refractivity contribution >= 4 is 17.7 Å². The molecular formula is C16H13N5O. The number of carbonyl (C=O) groups excluding carboxylic acids is 1. The summed E-state index contributed by atoms with van der Waals surface area (Å²) in [6.45, 7) is 0. The van der Waals surface area contributed by atoms with Gasteiger partial charge in [0.05, 0.1) is 11.7 Å². The zero-order chi connectivity index (χ0) is 15.5. The molecular weight excluding hydrogens is 278 g/mol. The van der Waals surface area contributed by atoms with Gasteiger partial charge in [0.15, 0.2) is 0 Å². The summed E-state index contributed by atoms with van der Waals surface area (Å²) >= 11 is 0. The lowest BCUT2D eigenvalue weighted by atomic mass is 9.98. The van der Waals surface area contributed by atoms with Crippen molar-refractivity contribution in [1.82, 2.24) is 10.4 Å². The zero-order valence-corrected chi connectivity index (χ0v) is 11.6. The number of nitriles is 1. The minimum Gasteiger partial charge on any atom is -0.365 e. The Labute approximate surface area is 127 Å². The number of nitrogens with two attached hydrogens (primary N) is 1. The molecule has 0 saturated carbocycles. The number of benzene rings is 1. The van der Waals surface area contributed by atoms with Gasteiger partial charge in [-0.2, -0.15) is 5.26 Å². The van der Waals surface area contributed by atoms with Gasteiger partial charge in [-0.25, -0.2) is 5.43 Å². The summed E-state index contributed by atoms with van der Waals surface area (Å²) in [5, 5.41) is 8.93. The van der Waals surface area contributed by atoms with Crippen LogP contribution in [0.1, 0.15) is 22.7 Å². The minimum absolute atomic E-state index is 0.0452. The Kier molecular flexibility index (Phi) is 3.56. The highest BCUT2D eigenvalue weighted by Crippen LogP contribution is 2.33. The first-order valence-electron chi connectivity index (χ1n) is 6.66. The van der Waals surface area contributed by atoms with Crippen LogP contribution in [-0.4, -0.2) is 10.9 Å². The van der Waals surface area contributed by atoms with E-state index in [1.807, 2.05) is 30.3 Å². The van der Waals surface area contributed by atoms with Gasteiger partial charge in [-0.15, -0.1) is 0 Å². The molecule has 3 rings (SSSR count). The molecule has 0 bridgehead atoms. The number of amides is 1. The van der Waals surface area contributed by atoms with Crippen molar-refractivity contribution < 1.29 is 4.79 Å². The van der Waals surface area contributed by atoms with Crippen LogP contribution in [0.25, 0.3) is 6.08 Å². The number of nitrogens with zero attached hydrogens (tertiary/aromatic N) is 2. The van der Waals surface area contributed by atoms with Gasteiger partial charge in [0.1, 0.15) is 11.6 Å². The Morgan fingerprint density at radius 2 is 2.27 bits per heavy atom. The van der Waals surface area contributed by atoms with E-state index >= 15 is 0 Å². The number of anilines is 1. The number of carbonyl (C=O) groups is 1. The van der Waals surface area contributed by atoms with Crippen molar-refractivity contribution in [1.29, 1.82) is 5.26 Å². The molecule has 1 aromatic carbocycles. The Bertz CT molecular complexity index is 792. The SMILES string of the molecule is N#C/C(=C\c1ccc2c(c1)C(c1cccnc1)NN2)C(N)=O. The van der Waals surface area contributed by atoms with Gasteiger partial charge in [-0.3, -0.25) is 9.78 Å². The van der Waals surface area contributed by atoms with Crippen LogP contribution in [-0.2, 0) is 4.79 Å². The van der Waals surface area contributed by atoms with Gasteiger partial charge in [0.2, 0.25) is 0 Å². The summed E-state index contributed by atoms with van der Waals surface area (Å²) in [6.07, 6.45) is 5.00. The first-order chi connectivity index (χ1) is 10.7. The highest BCUT2D eigenvalue weighted by molar-refractivity contribution is 6.00. The van der Waals surface area contributed by atoms with Crippen molar-refractivity contribution in [2.45, 2.75) is 6.04 Å². The molecule has 1 aliphatic heterocycles. The predicted molar refractivity (Wildman–Crippen MR) is 82.1 cm³/mol. The number of hydrogen-bond acceptors (Lipinski definition) is 5. The second kappa shape index (κ2) is 5.68. The van der Waals surface area contributed by atoms with Gasteiger partial charge in [-0.1, -0.05) is 12.1 Å². The molecule has 1 amide bonds. The Balaban J connectivity index is 2.00. The van der Waals surface area contributed by atoms with Crippen molar-refractivity contribution in [2.75, 3.05) is 5.43 Å². The molecule has 0 spiro atoms. The maximum absolute atomic E-state index is 11.2. The van der Waals surface area contributed by atoms with Gasteiger partial charge in [-0.05, 0) is 35.4 Å². The van der Waals surface area contributed by atoms with Crippen molar-refractivity contribution in [3.8, 4) is 6.07 Å². The van der Waals surface area contributed by atoms with Gasteiger partial charge in [0, 0.05) is 18.0 Å². The highest BCUT2D eigenvalue weighted by Gasteiger charge is 2.23. The number of pyridine rings is 1. The zero-order valence-electron chi connectivity index (χ0n) is 11.6. The third-order valence-corrected chi connectivity index (χ3v) is 3.45. The van der Waals surface area contributed by atoms with Gasteiger partial charge < -0.3 is 11.2 Å². The molecule has 1 unspecified atom stereocenters. The molecule has 2 heterocycles. The summed E-state index contributed by atoms with van der Waals surface area (Å²) in [5.74, 6) is -0.733. The second-order valence-corrected chi connectivity index (χ2v) is 4.87. The van der Waals surface area contributed by atoms with Crippen molar-refractivity contribution in [3.63, 3.8) is 0 Å². The number of hydrogen-bond donors (Lipinski definition) is 3.